The summed E-state index contributed by atoms with van der Waals surface area (Å²) in [6, 6.07) is 8.37. The van der Waals surface area contributed by atoms with Gasteiger partial charge in [0.25, 0.3) is 0 Å². The molecule has 1 unspecified atom stereocenters. The second-order valence-corrected chi connectivity index (χ2v) is 8.20. The maximum Gasteiger partial charge on any atom is 0.119 e. The van der Waals surface area contributed by atoms with Gasteiger partial charge in [-0.3, -0.25) is 0 Å². The summed E-state index contributed by atoms with van der Waals surface area (Å²) in [6.45, 7) is 10.1. The average Bonchev–Trinajstić information content (AvgIpc) is 3.03. The van der Waals surface area contributed by atoms with Crippen molar-refractivity contribution >= 4 is 11.3 Å². The van der Waals surface area contributed by atoms with Gasteiger partial charge in [-0.25, -0.2) is 4.98 Å². The molecule has 2 rings (SSSR count). The van der Waals surface area contributed by atoms with Crippen LogP contribution in [-0.2, 0) is 11.8 Å². The number of rotatable bonds is 8. The second-order valence-electron chi connectivity index (χ2n) is 7.31. The Morgan fingerprint density at radius 2 is 2.08 bits per heavy atom. The number of thiazole rings is 1. The molecule has 0 saturated heterocycles. The van der Waals surface area contributed by atoms with Crippen LogP contribution >= 0.6 is 11.3 Å². The van der Waals surface area contributed by atoms with Crippen molar-refractivity contribution in [3.05, 3.63) is 45.9 Å². The first-order valence-electron chi connectivity index (χ1n) is 8.81. The molecule has 4 heteroatoms. The van der Waals surface area contributed by atoms with Crippen molar-refractivity contribution < 1.29 is 4.74 Å². The highest BCUT2D eigenvalue weighted by Gasteiger charge is 2.21. The number of unbranched alkanes of at least 4 members (excludes halogenated alkanes) is 1. The molecule has 132 valence electrons. The number of aromatic nitrogens is 1. The third-order valence-electron chi connectivity index (χ3n) is 4.07. The standard InChI is InChI=1S/C20H30N2OS/c1-5-6-10-23-17-9-7-8-15(12-17)11-16(13-21)19-22-18(14-24-19)20(2,3)4/h7-9,12,14,16H,5-6,10-11,13,21H2,1-4H3. The van der Waals surface area contributed by atoms with Gasteiger partial charge in [-0.2, -0.15) is 0 Å². The summed E-state index contributed by atoms with van der Waals surface area (Å²) < 4.78 is 5.81. The molecule has 0 aliphatic heterocycles. The predicted octanol–water partition coefficient (Wildman–Crippen LogP) is 4.90. The predicted molar refractivity (Wildman–Crippen MR) is 103 cm³/mol. The molecule has 0 radical (unpaired) electrons. The van der Waals surface area contributed by atoms with Crippen LogP contribution in [0.1, 0.15) is 62.7 Å². The molecule has 0 aliphatic carbocycles. The van der Waals surface area contributed by atoms with Crippen molar-refractivity contribution in [3.8, 4) is 5.75 Å². The highest BCUT2D eigenvalue weighted by atomic mass is 32.1. The lowest BCUT2D eigenvalue weighted by Gasteiger charge is -2.16. The highest BCUT2D eigenvalue weighted by molar-refractivity contribution is 7.09. The largest absolute Gasteiger partial charge is 0.494 e. The smallest absolute Gasteiger partial charge is 0.119 e. The van der Waals surface area contributed by atoms with Crippen LogP contribution in [0.4, 0.5) is 0 Å². The molecule has 2 aromatic rings. The molecule has 0 amide bonds. The number of ether oxygens (including phenoxy) is 1. The second kappa shape index (κ2) is 8.63. The van der Waals surface area contributed by atoms with E-state index in [1.807, 2.05) is 6.07 Å². The lowest BCUT2D eigenvalue weighted by Crippen LogP contribution is -2.16. The molecule has 1 aromatic heterocycles. The minimum atomic E-state index is 0.0843. The lowest BCUT2D eigenvalue weighted by molar-refractivity contribution is 0.309. The molecular weight excluding hydrogens is 316 g/mol. The van der Waals surface area contributed by atoms with E-state index in [2.05, 4.69) is 51.3 Å². The SMILES string of the molecule is CCCCOc1cccc(CC(CN)c2nc(C(C)(C)C)cs2)c1. The Morgan fingerprint density at radius 3 is 2.71 bits per heavy atom. The highest BCUT2D eigenvalue weighted by Crippen LogP contribution is 2.29. The molecule has 1 atom stereocenters. The summed E-state index contributed by atoms with van der Waals surface area (Å²) >= 11 is 1.73. The van der Waals surface area contributed by atoms with Gasteiger partial charge < -0.3 is 10.5 Å². The van der Waals surface area contributed by atoms with Gasteiger partial charge in [0, 0.05) is 23.3 Å². The third kappa shape index (κ3) is 5.32. The molecule has 0 aliphatic rings. The van der Waals surface area contributed by atoms with Gasteiger partial charge in [0.1, 0.15) is 5.75 Å². The topological polar surface area (TPSA) is 48.1 Å². The Morgan fingerprint density at radius 1 is 1.29 bits per heavy atom. The molecule has 0 spiro atoms. The van der Waals surface area contributed by atoms with Gasteiger partial charge >= 0.3 is 0 Å². The van der Waals surface area contributed by atoms with E-state index in [-0.39, 0.29) is 11.3 Å². The Kier molecular flexibility index (Phi) is 6.81. The van der Waals surface area contributed by atoms with Gasteiger partial charge in [-0.1, -0.05) is 46.2 Å². The fraction of sp³-hybridized carbons (Fsp3) is 0.550. The summed E-state index contributed by atoms with van der Waals surface area (Å²) in [6.07, 6.45) is 3.14. The Bertz CT molecular complexity index is 631. The van der Waals surface area contributed by atoms with Crippen molar-refractivity contribution in [2.45, 2.75) is 58.3 Å². The number of hydrogen-bond acceptors (Lipinski definition) is 4. The maximum atomic E-state index is 6.04. The summed E-state index contributed by atoms with van der Waals surface area (Å²) in [7, 11) is 0. The van der Waals surface area contributed by atoms with Crippen LogP contribution in [0.2, 0.25) is 0 Å². The molecule has 3 nitrogen and oxygen atoms in total. The zero-order valence-corrected chi connectivity index (χ0v) is 16.2. The normalized spacial score (nSPS) is 13.0. The van der Waals surface area contributed by atoms with E-state index in [0.29, 0.717) is 6.54 Å². The van der Waals surface area contributed by atoms with Crippen LogP contribution in [0, 0.1) is 0 Å². The van der Waals surface area contributed by atoms with E-state index in [1.54, 1.807) is 11.3 Å². The van der Waals surface area contributed by atoms with Crippen molar-refractivity contribution in [2.75, 3.05) is 13.2 Å². The third-order valence-corrected chi connectivity index (χ3v) is 5.08. The van der Waals surface area contributed by atoms with Gasteiger partial charge in [0.15, 0.2) is 0 Å². The van der Waals surface area contributed by atoms with Gasteiger partial charge in [-0.15, -0.1) is 11.3 Å². The average molecular weight is 347 g/mol. The molecule has 0 fully saturated rings. The zero-order valence-electron chi connectivity index (χ0n) is 15.3. The quantitative estimate of drug-likeness (QED) is 0.691. The molecule has 1 heterocycles. The van der Waals surface area contributed by atoms with Gasteiger partial charge in [-0.05, 0) is 30.5 Å². The van der Waals surface area contributed by atoms with Crippen LogP contribution in [-0.4, -0.2) is 18.1 Å². The minimum Gasteiger partial charge on any atom is -0.494 e. The zero-order chi connectivity index (χ0) is 17.6. The minimum absolute atomic E-state index is 0.0843. The number of nitrogens with zero attached hydrogens (tertiary/aromatic N) is 1. The first-order valence-corrected chi connectivity index (χ1v) is 9.69. The van der Waals surface area contributed by atoms with Crippen LogP contribution < -0.4 is 10.5 Å². The molecular formula is C20H30N2OS. The van der Waals surface area contributed by atoms with Crippen molar-refractivity contribution in [2.24, 2.45) is 5.73 Å². The van der Waals surface area contributed by atoms with Crippen LogP contribution in [0.3, 0.4) is 0 Å². The van der Waals surface area contributed by atoms with Crippen LogP contribution in [0.25, 0.3) is 0 Å². The van der Waals surface area contributed by atoms with Crippen LogP contribution in [0.15, 0.2) is 29.6 Å². The van der Waals surface area contributed by atoms with E-state index in [0.717, 1.165) is 42.3 Å². The maximum absolute atomic E-state index is 6.04. The summed E-state index contributed by atoms with van der Waals surface area (Å²) in [5, 5.41) is 3.31. The molecule has 0 saturated carbocycles. The monoisotopic (exact) mass is 346 g/mol. The van der Waals surface area contributed by atoms with E-state index in [9.17, 15) is 0 Å². The van der Waals surface area contributed by atoms with E-state index in [4.69, 9.17) is 15.5 Å². The first-order chi connectivity index (χ1) is 11.4. The van der Waals surface area contributed by atoms with Crippen molar-refractivity contribution in [1.82, 2.24) is 4.98 Å². The van der Waals surface area contributed by atoms with Crippen molar-refractivity contribution in [3.63, 3.8) is 0 Å². The van der Waals surface area contributed by atoms with Crippen molar-refractivity contribution in [1.29, 1.82) is 0 Å². The first kappa shape index (κ1) is 18.9. The summed E-state index contributed by atoms with van der Waals surface area (Å²) in [4.78, 5) is 4.84. The fourth-order valence-corrected chi connectivity index (χ4v) is 3.63. The van der Waals surface area contributed by atoms with E-state index < -0.39 is 0 Å². The molecule has 0 bridgehead atoms. The van der Waals surface area contributed by atoms with Crippen LogP contribution in [0.5, 0.6) is 5.75 Å². The Hall–Kier alpha value is -1.39. The summed E-state index contributed by atoms with van der Waals surface area (Å²) in [5.41, 5.74) is 8.53. The fourth-order valence-electron chi connectivity index (χ4n) is 2.47. The van der Waals surface area contributed by atoms with Gasteiger partial charge in [0.05, 0.1) is 17.3 Å². The number of benzene rings is 1. The van der Waals surface area contributed by atoms with E-state index >= 15 is 0 Å². The number of nitrogens with two attached hydrogens (primary N) is 1. The summed E-state index contributed by atoms with van der Waals surface area (Å²) in [5.74, 6) is 1.21. The molecule has 2 N–H and O–H groups in total. The lowest BCUT2D eigenvalue weighted by atomic mass is 9.93. The number of hydrogen-bond donors (Lipinski definition) is 1. The molecule has 1 aromatic carbocycles. The Balaban J connectivity index is 2.07. The van der Waals surface area contributed by atoms with E-state index in [1.165, 1.54) is 5.56 Å². The van der Waals surface area contributed by atoms with Gasteiger partial charge in [0.2, 0.25) is 0 Å². The molecule has 24 heavy (non-hydrogen) atoms. The Labute approximate surface area is 150 Å².